The predicted octanol–water partition coefficient (Wildman–Crippen LogP) is 6.69. The van der Waals surface area contributed by atoms with Gasteiger partial charge in [0.25, 0.3) is 0 Å². The van der Waals surface area contributed by atoms with Crippen LogP contribution >= 0.6 is 74.4 Å². The smallest absolute Gasteiger partial charge is 0.0234 e. The van der Waals surface area contributed by atoms with Gasteiger partial charge in [0.1, 0.15) is 0 Å². The first kappa shape index (κ1) is 51.6. The molecule has 0 spiro atoms. The molecule has 0 aliphatic carbocycles. The molecule has 0 radical (unpaired) electrons. The van der Waals surface area contributed by atoms with Crippen LogP contribution in [0.15, 0.2) is 24.3 Å². The first-order valence-corrected chi connectivity index (χ1v) is 15.6. The fourth-order valence-corrected chi connectivity index (χ4v) is 5.99. The van der Waals surface area contributed by atoms with E-state index in [1.165, 1.54) is 37.3 Å². The second-order valence-electron chi connectivity index (χ2n) is 12.9. The molecular weight excluding hydrogens is 681 g/mol. The molecule has 3 rings (SSSR count). The van der Waals surface area contributed by atoms with Gasteiger partial charge in [0, 0.05) is 116 Å². The third kappa shape index (κ3) is 17.8. The summed E-state index contributed by atoms with van der Waals surface area (Å²) in [5.41, 5.74) is 2.93. The molecule has 44 heavy (non-hydrogen) atoms. The molecule has 2 aliphatic heterocycles. The van der Waals surface area contributed by atoms with Crippen LogP contribution in [0.25, 0.3) is 0 Å². The molecule has 6 nitrogen and oxygen atoms in total. The zero-order chi connectivity index (χ0) is 27.7. The van der Waals surface area contributed by atoms with Gasteiger partial charge in [-0.2, -0.15) is 0 Å². The van der Waals surface area contributed by atoms with E-state index in [4.69, 9.17) is 0 Å². The second kappa shape index (κ2) is 26.6. The Bertz CT molecular complexity index is 718. The number of hydrogen-bond donors (Lipinski definition) is 0. The molecule has 0 aromatic heterocycles. The molecule has 0 amide bonds. The van der Waals surface area contributed by atoms with Crippen LogP contribution in [-0.2, 0) is 13.1 Å². The van der Waals surface area contributed by atoms with Crippen molar-refractivity contribution in [3.63, 3.8) is 0 Å². The Hall–Kier alpha value is 0.720. The largest absolute Gasteiger partial charge is 0.298 e. The van der Waals surface area contributed by atoms with Gasteiger partial charge in [-0.3, -0.25) is 29.4 Å². The van der Waals surface area contributed by atoms with E-state index < -0.39 is 0 Å². The van der Waals surface area contributed by atoms with E-state index >= 15 is 0 Å². The lowest BCUT2D eigenvalue weighted by molar-refractivity contribution is 0.169. The number of rotatable bonds is 8. The van der Waals surface area contributed by atoms with Crippen LogP contribution in [-0.4, -0.2) is 132 Å². The van der Waals surface area contributed by atoms with Crippen molar-refractivity contribution in [3.05, 3.63) is 35.4 Å². The molecule has 0 bridgehead atoms. The van der Waals surface area contributed by atoms with Crippen LogP contribution in [0.3, 0.4) is 0 Å². The van der Waals surface area contributed by atoms with Crippen LogP contribution in [0, 0.1) is 0 Å². The van der Waals surface area contributed by atoms with Crippen LogP contribution in [0.5, 0.6) is 0 Å². The first-order valence-electron chi connectivity index (χ1n) is 15.6. The summed E-state index contributed by atoms with van der Waals surface area (Å²) in [4.78, 5) is 16.0. The SMILES string of the molecule is CC(C)N1CCN(Cc2cccc(CN3CCN(C(C)C)CCN(C(C)C)CC3)c2)CCN(C(C)C)CC1.Cl.Cl.Cl.Cl.Cl.Cl. The van der Waals surface area contributed by atoms with Crippen LogP contribution in [0.2, 0.25) is 0 Å². The van der Waals surface area contributed by atoms with Crippen molar-refractivity contribution < 1.29 is 0 Å². The number of hydrogen-bond acceptors (Lipinski definition) is 6. The lowest BCUT2D eigenvalue weighted by Crippen LogP contribution is -2.41. The lowest BCUT2D eigenvalue weighted by Gasteiger charge is -2.30. The topological polar surface area (TPSA) is 19.4 Å². The van der Waals surface area contributed by atoms with E-state index in [9.17, 15) is 0 Å². The van der Waals surface area contributed by atoms with Gasteiger partial charge in [0.2, 0.25) is 0 Å². The molecule has 0 N–H and O–H groups in total. The summed E-state index contributed by atoms with van der Waals surface area (Å²) in [6, 6.07) is 11.9. The second-order valence-corrected chi connectivity index (χ2v) is 12.9. The normalized spacial score (nSPS) is 19.0. The highest BCUT2D eigenvalue weighted by Crippen LogP contribution is 2.15. The summed E-state index contributed by atoms with van der Waals surface area (Å²) < 4.78 is 0. The quantitative estimate of drug-likeness (QED) is 0.294. The van der Waals surface area contributed by atoms with E-state index in [0.29, 0.717) is 24.2 Å². The Morgan fingerprint density at radius 3 is 0.864 bits per heavy atom. The van der Waals surface area contributed by atoms with Gasteiger partial charge in [0.15, 0.2) is 0 Å². The van der Waals surface area contributed by atoms with E-state index in [2.05, 4.69) is 109 Å². The fourth-order valence-electron chi connectivity index (χ4n) is 5.99. The fraction of sp³-hybridized carbons (Fsp3) is 0.812. The molecule has 1 aromatic carbocycles. The number of halogens is 6. The lowest BCUT2D eigenvalue weighted by atomic mass is 10.1. The van der Waals surface area contributed by atoms with Gasteiger partial charge in [-0.1, -0.05) is 24.3 Å². The molecule has 2 fully saturated rings. The Balaban J connectivity index is -0.00000133. The molecule has 0 unspecified atom stereocenters. The minimum absolute atomic E-state index is 0. The maximum Gasteiger partial charge on any atom is 0.0234 e. The zero-order valence-corrected chi connectivity index (χ0v) is 33.6. The first-order chi connectivity index (χ1) is 18.1. The van der Waals surface area contributed by atoms with Gasteiger partial charge in [-0.15, -0.1) is 74.4 Å². The van der Waals surface area contributed by atoms with E-state index in [0.717, 1.165) is 65.4 Å². The summed E-state index contributed by atoms with van der Waals surface area (Å²) in [6.45, 7) is 34.8. The molecule has 2 saturated heterocycles. The Morgan fingerprint density at radius 1 is 0.409 bits per heavy atom. The van der Waals surface area contributed by atoms with E-state index in [1.54, 1.807) is 0 Å². The van der Waals surface area contributed by atoms with Gasteiger partial charge >= 0.3 is 0 Å². The summed E-state index contributed by atoms with van der Waals surface area (Å²) in [5, 5.41) is 0. The highest BCUT2D eigenvalue weighted by Gasteiger charge is 2.21. The third-order valence-corrected chi connectivity index (χ3v) is 8.89. The molecule has 1 aromatic rings. The summed E-state index contributed by atoms with van der Waals surface area (Å²) in [6.07, 6.45) is 0. The van der Waals surface area contributed by atoms with E-state index in [1.807, 2.05) is 0 Å². The van der Waals surface area contributed by atoms with Crippen molar-refractivity contribution in [1.82, 2.24) is 29.4 Å². The predicted molar refractivity (Wildman–Crippen MR) is 207 cm³/mol. The summed E-state index contributed by atoms with van der Waals surface area (Å²) >= 11 is 0. The third-order valence-electron chi connectivity index (χ3n) is 8.89. The monoisotopic (exact) mass is 744 g/mol. The van der Waals surface area contributed by atoms with Gasteiger partial charge in [-0.25, -0.2) is 0 Å². The highest BCUT2D eigenvalue weighted by molar-refractivity contribution is 5.86. The molecule has 266 valence electrons. The maximum atomic E-state index is 2.69. The molecule has 2 heterocycles. The van der Waals surface area contributed by atoms with E-state index in [-0.39, 0.29) is 74.4 Å². The molecule has 12 heteroatoms. The van der Waals surface area contributed by atoms with Crippen LogP contribution < -0.4 is 0 Å². The zero-order valence-electron chi connectivity index (χ0n) is 28.7. The Morgan fingerprint density at radius 2 is 0.636 bits per heavy atom. The standard InChI is InChI=1S/C32H60N6.6ClH/c1-27(2)35-16-12-33(13-17-36(21-20-35)28(3)4)25-31-10-9-11-32(24-31)26-34-14-18-37(29(5)6)22-23-38(19-15-34)30(7)8;;;;;;/h9-11,24,27-30H,12-23,25-26H2,1-8H3;6*1H. The number of nitrogens with zero attached hydrogens (tertiary/aromatic N) is 6. The van der Waals surface area contributed by atoms with Crippen molar-refractivity contribution in [2.75, 3.05) is 78.5 Å². The minimum atomic E-state index is 0. The maximum absolute atomic E-state index is 2.69. The average molecular weight is 748 g/mol. The van der Waals surface area contributed by atoms with Crippen LogP contribution in [0.1, 0.15) is 66.5 Å². The van der Waals surface area contributed by atoms with Crippen molar-refractivity contribution in [2.45, 2.75) is 92.6 Å². The highest BCUT2D eigenvalue weighted by atomic mass is 35.5. The number of benzene rings is 1. The Labute approximate surface area is 308 Å². The van der Waals surface area contributed by atoms with Gasteiger partial charge in [0.05, 0.1) is 0 Å². The van der Waals surface area contributed by atoms with Gasteiger partial charge in [-0.05, 0) is 66.5 Å². The van der Waals surface area contributed by atoms with Crippen molar-refractivity contribution in [1.29, 1.82) is 0 Å². The summed E-state index contributed by atoms with van der Waals surface area (Å²) in [5.74, 6) is 0. The van der Waals surface area contributed by atoms with Crippen molar-refractivity contribution >= 4 is 74.4 Å². The molecule has 0 saturated carbocycles. The molecule has 0 atom stereocenters. The summed E-state index contributed by atoms with van der Waals surface area (Å²) in [7, 11) is 0. The molecular formula is C32H66Cl6N6. The van der Waals surface area contributed by atoms with Crippen LogP contribution in [0.4, 0.5) is 0 Å². The van der Waals surface area contributed by atoms with Crippen molar-refractivity contribution in [2.24, 2.45) is 0 Å². The van der Waals surface area contributed by atoms with Gasteiger partial charge < -0.3 is 0 Å². The molecule has 2 aliphatic rings. The average Bonchev–Trinajstić information content (AvgIpc) is 3.03. The van der Waals surface area contributed by atoms with Crippen molar-refractivity contribution in [3.8, 4) is 0 Å². The minimum Gasteiger partial charge on any atom is -0.298 e. The Kier molecular flexibility index (Phi) is 31.2.